The largest absolute Gasteiger partial charge is 0.391 e. The van der Waals surface area contributed by atoms with Gasteiger partial charge in [0.2, 0.25) is 11.9 Å². The number of carbonyl (C=O) groups is 1. The van der Waals surface area contributed by atoms with Crippen LogP contribution in [0.15, 0.2) is 24.7 Å². The zero-order chi connectivity index (χ0) is 24.6. The Morgan fingerprint density at radius 2 is 1.83 bits per heavy atom. The third kappa shape index (κ3) is 4.95. The molecule has 3 aromatic heterocycles. The van der Waals surface area contributed by atoms with Crippen LogP contribution >= 0.6 is 0 Å². The van der Waals surface area contributed by atoms with Crippen LogP contribution < -0.4 is 10.6 Å². The first-order valence-corrected chi connectivity index (χ1v) is 11.9. The summed E-state index contributed by atoms with van der Waals surface area (Å²) in [5, 5.41) is 17.0. The van der Waals surface area contributed by atoms with Crippen LogP contribution in [0.25, 0.3) is 11.0 Å². The Morgan fingerprint density at radius 3 is 2.57 bits per heavy atom. The molecule has 0 bridgehead atoms. The van der Waals surface area contributed by atoms with Crippen molar-refractivity contribution in [3.63, 3.8) is 0 Å². The Morgan fingerprint density at radius 1 is 1.06 bits per heavy atom. The maximum absolute atomic E-state index is 14.9. The first-order valence-electron chi connectivity index (χ1n) is 11.9. The second-order valence-corrected chi connectivity index (χ2v) is 9.39. The number of alkyl halides is 2. The SMILES string of the molecule is O=C(c1ccc(NC2CCC(F)(F)CC2)nc1F)c1c[nH]c2ncnc(N[C@@H]3CCCC[C@H]3O)c12. The van der Waals surface area contributed by atoms with E-state index in [-0.39, 0.29) is 54.7 Å². The van der Waals surface area contributed by atoms with Crippen molar-refractivity contribution in [1.29, 1.82) is 0 Å². The van der Waals surface area contributed by atoms with Crippen LogP contribution in [0.1, 0.15) is 67.3 Å². The first-order chi connectivity index (χ1) is 16.8. The molecule has 0 aliphatic heterocycles. The van der Waals surface area contributed by atoms with Crippen molar-refractivity contribution in [2.24, 2.45) is 0 Å². The number of nitrogens with one attached hydrogen (secondary N) is 3. The Kier molecular flexibility index (Phi) is 6.35. The standard InChI is InChI=1S/C24H27F3N6O2/c25-21-14(5-6-18(33-21)31-13-7-9-24(26,27)10-8-13)20(35)15-11-28-22-19(15)23(30-12-29-22)32-16-3-1-2-4-17(16)34/h5-6,11-13,16-17,34H,1-4,7-10H2,(H,31,33)(H2,28,29,30,32)/t16-,17-/m1/s1. The number of aromatic nitrogens is 4. The molecule has 2 atom stereocenters. The van der Waals surface area contributed by atoms with E-state index in [0.717, 1.165) is 19.3 Å². The predicted octanol–water partition coefficient (Wildman–Crippen LogP) is 4.43. The fourth-order valence-corrected chi connectivity index (χ4v) is 4.93. The van der Waals surface area contributed by atoms with Gasteiger partial charge in [-0.3, -0.25) is 4.79 Å². The lowest BCUT2D eigenvalue weighted by molar-refractivity contribution is -0.0361. The number of hydrogen-bond acceptors (Lipinski definition) is 7. The van der Waals surface area contributed by atoms with E-state index in [0.29, 0.717) is 23.3 Å². The molecule has 35 heavy (non-hydrogen) atoms. The number of rotatable bonds is 6. The van der Waals surface area contributed by atoms with E-state index in [1.807, 2.05) is 0 Å². The molecular weight excluding hydrogens is 461 g/mol. The number of aromatic amines is 1. The quantitative estimate of drug-likeness (QED) is 0.300. The highest BCUT2D eigenvalue weighted by molar-refractivity contribution is 6.18. The number of halogens is 3. The molecule has 2 aliphatic rings. The second-order valence-electron chi connectivity index (χ2n) is 9.39. The van der Waals surface area contributed by atoms with Gasteiger partial charge in [-0.05, 0) is 37.8 Å². The number of aliphatic hydroxyl groups excluding tert-OH is 1. The van der Waals surface area contributed by atoms with Crippen LogP contribution in [-0.2, 0) is 0 Å². The maximum atomic E-state index is 14.9. The zero-order valence-electron chi connectivity index (χ0n) is 19.0. The lowest BCUT2D eigenvalue weighted by Gasteiger charge is -2.29. The van der Waals surface area contributed by atoms with E-state index in [4.69, 9.17) is 0 Å². The highest BCUT2D eigenvalue weighted by Crippen LogP contribution is 2.34. The summed E-state index contributed by atoms with van der Waals surface area (Å²) in [6, 6.07) is 2.39. The number of fused-ring (bicyclic) bond motifs is 1. The predicted molar refractivity (Wildman–Crippen MR) is 124 cm³/mol. The average Bonchev–Trinajstić information content (AvgIpc) is 3.27. The number of carbonyl (C=O) groups excluding carboxylic acids is 1. The Labute approximate surface area is 199 Å². The Bertz CT molecular complexity index is 1220. The van der Waals surface area contributed by atoms with Crippen LogP contribution in [-0.4, -0.2) is 54.9 Å². The van der Waals surface area contributed by atoms with E-state index < -0.39 is 23.8 Å². The normalized spacial score (nSPS) is 22.7. The van der Waals surface area contributed by atoms with Crippen LogP contribution in [0.3, 0.4) is 0 Å². The van der Waals surface area contributed by atoms with Crippen molar-refractivity contribution >= 4 is 28.5 Å². The molecule has 2 aliphatic carbocycles. The Balaban J connectivity index is 1.37. The van der Waals surface area contributed by atoms with Gasteiger partial charge < -0.3 is 20.7 Å². The number of nitrogens with zero attached hydrogens (tertiary/aromatic N) is 3. The third-order valence-corrected chi connectivity index (χ3v) is 6.93. The zero-order valence-corrected chi connectivity index (χ0v) is 19.0. The highest BCUT2D eigenvalue weighted by Gasteiger charge is 2.35. The molecule has 5 rings (SSSR count). The molecule has 0 radical (unpaired) electrons. The van der Waals surface area contributed by atoms with Crippen molar-refractivity contribution in [2.45, 2.75) is 75.5 Å². The molecular formula is C24H27F3N6O2. The molecule has 0 aromatic carbocycles. The van der Waals surface area contributed by atoms with E-state index in [2.05, 4.69) is 30.6 Å². The van der Waals surface area contributed by atoms with Crippen LogP contribution in [0.4, 0.5) is 24.8 Å². The lowest BCUT2D eigenvalue weighted by Crippen LogP contribution is -2.36. The van der Waals surface area contributed by atoms with Gasteiger partial charge in [-0.25, -0.2) is 23.7 Å². The molecule has 3 aromatic rings. The van der Waals surface area contributed by atoms with Crippen molar-refractivity contribution < 1.29 is 23.1 Å². The van der Waals surface area contributed by atoms with Crippen LogP contribution in [0.5, 0.6) is 0 Å². The summed E-state index contributed by atoms with van der Waals surface area (Å²) in [6.07, 6.45) is 5.75. The van der Waals surface area contributed by atoms with E-state index >= 15 is 0 Å². The van der Waals surface area contributed by atoms with Gasteiger partial charge in [-0.1, -0.05) is 12.8 Å². The number of aliphatic hydroxyl groups is 1. The summed E-state index contributed by atoms with van der Waals surface area (Å²) in [5.41, 5.74) is 0.375. The van der Waals surface area contributed by atoms with Crippen molar-refractivity contribution in [1.82, 2.24) is 19.9 Å². The summed E-state index contributed by atoms with van der Waals surface area (Å²) in [4.78, 5) is 28.5. The molecule has 0 saturated heterocycles. The molecule has 11 heteroatoms. The van der Waals surface area contributed by atoms with Gasteiger partial charge in [-0.2, -0.15) is 4.39 Å². The van der Waals surface area contributed by atoms with Gasteiger partial charge in [0.1, 0.15) is 23.6 Å². The van der Waals surface area contributed by atoms with Gasteiger partial charge in [0.05, 0.1) is 28.7 Å². The van der Waals surface area contributed by atoms with Gasteiger partial charge in [0.25, 0.3) is 0 Å². The van der Waals surface area contributed by atoms with Gasteiger partial charge in [-0.15, -0.1) is 0 Å². The molecule has 4 N–H and O–H groups in total. The molecule has 0 unspecified atom stereocenters. The van der Waals surface area contributed by atoms with Gasteiger partial charge in [0.15, 0.2) is 5.78 Å². The summed E-state index contributed by atoms with van der Waals surface area (Å²) in [6.45, 7) is 0. The van der Waals surface area contributed by atoms with E-state index in [1.165, 1.54) is 24.7 Å². The minimum absolute atomic E-state index is 0.185. The van der Waals surface area contributed by atoms with Crippen molar-refractivity contribution in [3.05, 3.63) is 41.7 Å². The van der Waals surface area contributed by atoms with Crippen molar-refractivity contribution in [2.75, 3.05) is 10.6 Å². The minimum Gasteiger partial charge on any atom is -0.391 e. The summed E-state index contributed by atoms with van der Waals surface area (Å²) >= 11 is 0. The van der Waals surface area contributed by atoms with E-state index in [1.54, 1.807) is 0 Å². The van der Waals surface area contributed by atoms with Gasteiger partial charge >= 0.3 is 0 Å². The lowest BCUT2D eigenvalue weighted by atomic mass is 9.92. The fourth-order valence-electron chi connectivity index (χ4n) is 4.93. The third-order valence-electron chi connectivity index (χ3n) is 6.93. The van der Waals surface area contributed by atoms with Crippen LogP contribution in [0.2, 0.25) is 0 Å². The van der Waals surface area contributed by atoms with Crippen molar-refractivity contribution in [3.8, 4) is 0 Å². The Hall–Kier alpha value is -3.21. The fraction of sp³-hybridized carbons (Fsp3) is 0.500. The molecule has 186 valence electrons. The summed E-state index contributed by atoms with van der Waals surface area (Å²) in [7, 11) is 0. The average molecular weight is 489 g/mol. The smallest absolute Gasteiger partial charge is 0.248 e. The first kappa shape index (κ1) is 23.5. The summed E-state index contributed by atoms with van der Waals surface area (Å²) in [5.74, 6) is -3.60. The number of H-pyrrole nitrogens is 1. The minimum atomic E-state index is -2.65. The molecule has 8 nitrogen and oxygen atoms in total. The number of anilines is 2. The molecule has 0 amide bonds. The van der Waals surface area contributed by atoms with Crippen LogP contribution in [0, 0.1) is 5.95 Å². The summed E-state index contributed by atoms with van der Waals surface area (Å²) < 4.78 is 41.7. The number of ketones is 1. The maximum Gasteiger partial charge on any atom is 0.248 e. The number of pyridine rings is 1. The number of hydrogen-bond donors (Lipinski definition) is 4. The second kappa shape index (κ2) is 9.44. The van der Waals surface area contributed by atoms with E-state index in [9.17, 15) is 23.1 Å². The monoisotopic (exact) mass is 488 g/mol. The molecule has 3 heterocycles. The molecule has 0 spiro atoms. The topological polar surface area (TPSA) is 116 Å². The molecule has 2 fully saturated rings. The van der Waals surface area contributed by atoms with Gasteiger partial charge in [0, 0.05) is 25.1 Å². The highest BCUT2D eigenvalue weighted by atomic mass is 19.3. The molecule has 2 saturated carbocycles.